The second kappa shape index (κ2) is 6.19. The van der Waals surface area contributed by atoms with Gasteiger partial charge in [0, 0.05) is 25.6 Å². The Morgan fingerprint density at radius 3 is 2.32 bits per heavy atom. The summed E-state index contributed by atoms with van der Waals surface area (Å²) in [4.78, 5) is 14.5. The fourth-order valence-corrected chi connectivity index (χ4v) is 3.99. The Hall–Kier alpha value is -2.33. The number of rotatable bonds is 2. The van der Waals surface area contributed by atoms with Gasteiger partial charge < -0.3 is 15.0 Å². The van der Waals surface area contributed by atoms with Gasteiger partial charge in [-0.1, -0.05) is 48.5 Å². The lowest BCUT2D eigenvalue weighted by molar-refractivity contribution is 0.0486. The SMILES string of the molecule is CC1(C)CNCCN1C(=O)OCC1c2ccccc2-c2ccccc21. The van der Waals surface area contributed by atoms with Crippen LogP contribution in [0.3, 0.4) is 0 Å². The molecule has 4 nitrogen and oxygen atoms in total. The van der Waals surface area contributed by atoms with Crippen molar-refractivity contribution in [2.45, 2.75) is 25.3 Å². The van der Waals surface area contributed by atoms with Crippen LogP contribution >= 0.6 is 0 Å². The van der Waals surface area contributed by atoms with Crippen molar-refractivity contribution < 1.29 is 9.53 Å². The predicted molar refractivity (Wildman–Crippen MR) is 98.7 cm³/mol. The fourth-order valence-electron chi connectivity index (χ4n) is 3.99. The van der Waals surface area contributed by atoms with E-state index in [0.29, 0.717) is 13.2 Å². The van der Waals surface area contributed by atoms with Crippen LogP contribution < -0.4 is 5.32 Å². The highest BCUT2D eigenvalue weighted by Gasteiger charge is 2.35. The Morgan fingerprint density at radius 2 is 1.72 bits per heavy atom. The summed E-state index contributed by atoms with van der Waals surface area (Å²) in [7, 11) is 0. The zero-order valence-electron chi connectivity index (χ0n) is 14.8. The minimum atomic E-state index is -0.221. The van der Waals surface area contributed by atoms with E-state index in [2.05, 4.69) is 67.7 Å². The van der Waals surface area contributed by atoms with E-state index >= 15 is 0 Å². The lowest BCUT2D eigenvalue weighted by atomic mass is 9.98. The van der Waals surface area contributed by atoms with Crippen LogP contribution in [0.5, 0.6) is 0 Å². The second-order valence-electron chi connectivity index (χ2n) is 7.44. The first-order valence-corrected chi connectivity index (χ1v) is 8.91. The third-order valence-electron chi connectivity index (χ3n) is 5.36. The molecule has 0 spiro atoms. The van der Waals surface area contributed by atoms with Crippen LogP contribution in [-0.4, -0.2) is 42.8 Å². The van der Waals surface area contributed by atoms with E-state index in [1.165, 1.54) is 22.3 Å². The molecule has 0 aromatic heterocycles. The Morgan fingerprint density at radius 1 is 1.12 bits per heavy atom. The molecular formula is C21H24N2O2. The van der Waals surface area contributed by atoms with Gasteiger partial charge in [-0.3, -0.25) is 0 Å². The van der Waals surface area contributed by atoms with Gasteiger partial charge in [0.25, 0.3) is 0 Å². The van der Waals surface area contributed by atoms with Gasteiger partial charge in [-0.05, 0) is 36.1 Å². The summed E-state index contributed by atoms with van der Waals surface area (Å²) in [5.41, 5.74) is 4.77. The predicted octanol–water partition coefficient (Wildman–Crippen LogP) is 3.62. The maximum Gasteiger partial charge on any atom is 0.410 e. The molecule has 0 saturated carbocycles. The van der Waals surface area contributed by atoms with Gasteiger partial charge in [-0.25, -0.2) is 4.79 Å². The lowest BCUT2D eigenvalue weighted by Crippen LogP contribution is -2.60. The van der Waals surface area contributed by atoms with E-state index in [4.69, 9.17) is 4.74 Å². The summed E-state index contributed by atoms with van der Waals surface area (Å²) in [6, 6.07) is 16.8. The van der Waals surface area contributed by atoms with Crippen molar-refractivity contribution in [2.75, 3.05) is 26.2 Å². The highest BCUT2D eigenvalue weighted by molar-refractivity contribution is 5.79. The molecule has 0 atom stereocenters. The monoisotopic (exact) mass is 336 g/mol. The molecule has 0 unspecified atom stereocenters. The maximum absolute atomic E-state index is 12.7. The molecule has 1 saturated heterocycles. The van der Waals surface area contributed by atoms with E-state index < -0.39 is 0 Å². The van der Waals surface area contributed by atoms with E-state index in [0.717, 1.165) is 13.1 Å². The Bertz CT molecular complexity index is 754. The summed E-state index contributed by atoms with van der Waals surface area (Å²) in [5, 5.41) is 3.33. The third-order valence-corrected chi connectivity index (χ3v) is 5.36. The number of amides is 1. The first kappa shape index (κ1) is 16.2. The van der Waals surface area contributed by atoms with Gasteiger partial charge in [-0.15, -0.1) is 0 Å². The van der Waals surface area contributed by atoms with Crippen molar-refractivity contribution in [3.63, 3.8) is 0 Å². The van der Waals surface area contributed by atoms with Gasteiger partial charge in [-0.2, -0.15) is 0 Å². The molecule has 25 heavy (non-hydrogen) atoms. The van der Waals surface area contributed by atoms with Crippen LogP contribution in [0, 0.1) is 0 Å². The Balaban J connectivity index is 1.54. The number of piperazine rings is 1. The number of benzene rings is 2. The number of carbonyl (C=O) groups is 1. The number of hydrogen-bond acceptors (Lipinski definition) is 3. The first-order chi connectivity index (χ1) is 12.1. The van der Waals surface area contributed by atoms with Gasteiger partial charge in [0.2, 0.25) is 0 Å². The Kier molecular flexibility index (Phi) is 4.00. The van der Waals surface area contributed by atoms with E-state index in [1.54, 1.807) is 0 Å². The fraction of sp³-hybridized carbons (Fsp3) is 0.381. The molecule has 1 N–H and O–H groups in total. The number of fused-ring (bicyclic) bond motifs is 3. The van der Waals surface area contributed by atoms with E-state index in [1.807, 2.05) is 4.90 Å². The number of carbonyl (C=O) groups excluding carboxylic acids is 1. The molecule has 2 aromatic rings. The molecule has 0 radical (unpaired) electrons. The maximum atomic E-state index is 12.7. The van der Waals surface area contributed by atoms with Crippen LogP contribution in [0.15, 0.2) is 48.5 Å². The largest absolute Gasteiger partial charge is 0.448 e. The average Bonchev–Trinajstić information content (AvgIpc) is 2.93. The zero-order chi connectivity index (χ0) is 17.4. The van der Waals surface area contributed by atoms with Crippen molar-refractivity contribution >= 4 is 6.09 Å². The highest BCUT2D eigenvalue weighted by atomic mass is 16.6. The summed E-state index contributed by atoms with van der Waals surface area (Å²) < 4.78 is 5.77. The third kappa shape index (κ3) is 2.81. The van der Waals surface area contributed by atoms with Crippen molar-refractivity contribution in [1.29, 1.82) is 0 Å². The summed E-state index contributed by atoms with van der Waals surface area (Å²) in [6.45, 7) is 6.81. The van der Waals surface area contributed by atoms with Crippen molar-refractivity contribution in [3.05, 3.63) is 59.7 Å². The molecule has 2 aromatic carbocycles. The topological polar surface area (TPSA) is 41.6 Å². The highest BCUT2D eigenvalue weighted by Crippen LogP contribution is 2.44. The molecule has 1 heterocycles. The van der Waals surface area contributed by atoms with Gasteiger partial charge in [0.15, 0.2) is 0 Å². The molecule has 4 heteroatoms. The molecule has 2 aliphatic rings. The van der Waals surface area contributed by atoms with Gasteiger partial charge >= 0.3 is 6.09 Å². The van der Waals surface area contributed by atoms with Gasteiger partial charge in [0.1, 0.15) is 6.61 Å². The molecule has 1 aliphatic carbocycles. The Labute approximate surface area is 148 Å². The molecule has 0 bridgehead atoms. The summed E-state index contributed by atoms with van der Waals surface area (Å²) >= 11 is 0. The van der Waals surface area contributed by atoms with Crippen molar-refractivity contribution in [2.24, 2.45) is 0 Å². The van der Waals surface area contributed by atoms with E-state index in [-0.39, 0.29) is 17.6 Å². The van der Waals surface area contributed by atoms with E-state index in [9.17, 15) is 4.79 Å². The normalized spacial score (nSPS) is 18.6. The standard InChI is InChI=1S/C21H24N2O2/c1-21(2)14-22-11-12-23(21)20(24)25-13-19-17-9-5-3-7-15(17)16-8-4-6-10-18(16)19/h3-10,19,22H,11-14H2,1-2H3. The van der Waals surface area contributed by atoms with Crippen molar-refractivity contribution in [1.82, 2.24) is 10.2 Å². The number of nitrogens with one attached hydrogen (secondary N) is 1. The average molecular weight is 336 g/mol. The lowest BCUT2D eigenvalue weighted by Gasteiger charge is -2.41. The summed E-state index contributed by atoms with van der Waals surface area (Å²) in [5.74, 6) is 0.113. The van der Waals surface area contributed by atoms with Crippen LogP contribution in [0.4, 0.5) is 4.79 Å². The summed E-state index contributed by atoms with van der Waals surface area (Å²) in [6.07, 6.45) is -0.214. The number of ether oxygens (including phenoxy) is 1. The zero-order valence-corrected chi connectivity index (χ0v) is 14.8. The van der Waals surface area contributed by atoms with Gasteiger partial charge in [0.05, 0.1) is 5.54 Å². The minimum Gasteiger partial charge on any atom is -0.448 e. The van der Waals surface area contributed by atoms with Crippen molar-refractivity contribution in [3.8, 4) is 11.1 Å². The van der Waals surface area contributed by atoms with Crippen LogP contribution in [0.25, 0.3) is 11.1 Å². The smallest absolute Gasteiger partial charge is 0.410 e. The molecule has 4 rings (SSSR count). The molecular weight excluding hydrogens is 312 g/mol. The number of nitrogens with zero attached hydrogens (tertiary/aromatic N) is 1. The number of hydrogen-bond donors (Lipinski definition) is 1. The molecule has 1 fully saturated rings. The first-order valence-electron chi connectivity index (χ1n) is 8.91. The second-order valence-corrected chi connectivity index (χ2v) is 7.44. The van der Waals surface area contributed by atoms with Crippen LogP contribution in [0.1, 0.15) is 30.9 Å². The van der Waals surface area contributed by atoms with Crippen LogP contribution in [0.2, 0.25) is 0 Å². The minimum absolute atomic E-state index is 0.113. The quantitative estimate of drug-likeness (QED) is 0.911. The molecule has 1 amide bonds. The molecule has 130 valence electrons. The molecule has 1 aliphatic heterocycles. The van der Waals surface area contributed by atoms with Crippen LogP contribution in [-0.2, 0) is 4.74 Å².